The summed E-state index contributed by atoms with van der Waals surface area (Å²) in [6.07, 6.45) is 4.08. The first-order valence-corrected chi connectivity index (χ1v) is 18.9. The van der Waals surface area contributed by atoms with Crippen molar-refractivity contribution in [3.05, 3.63) is 64.8 Å². The molecule has 2 aromatic heterocycles. The summed E-state index contributed by atoms with van der Waals surface area (Å²) in [5.74, 6) is 0.750. The Hall–Kier alpha value is -4.13. The van der Waals surface area contributed by atoms with E-state index in [1.54, 1.807) is 17.4 Å². The number of amides is 2. The number of nitrogens with one attached hydrogen (secondary N) is 3. The van der Waals surface area contributed by atoms with Crippen LogP contribution in [0.2, 0.25) is 0 Å². The number of alkyl carbamates (subject to hydrolysis) is 1. The van der Waals surface area contributed by atoms with Gasteiger partial charge in [-0.15, -0.1) is 21.5 Å². The number of likely N-dealkylation sites (tertiary alicyclic amines) is 1. The largest absolute Gasteiger partial charge is 0.492 e. The maximum Gasteiger partial charge on any atom is 0.407 e. The van der Waals surface area contributed by atoms with Crippen LogP contribution in [0, 0.1) is 17.7 Å². The van der Waals surface area contributed by atoms with E-state index in [-0.39, 0.29) is 29.8 Å². The van der Waals surface area contributed by atoms with E-state index in [0.717, 1.165) is 79.6 Å². The molecule has 0 atom stereocenters. The average molecular weight is 715 g/mol. The minimum absolute atomic E-state index is 0.0338. The van der Waals surface area contributed by atoms with E-state index in [2.05, 4.69) is 50.2 Å². The first kappa shape index (κ1) is 35.3. The van der Waals surface area contributed by atoms with Crippen LogP contribution in [-0.2, 0) is 22.5 Å². The molecule has 1 saturated heterocycles. The Morgan fingerprint density at radius 3 is 2.63 bits per heavy atom. The number of nitrogens with zero attached hydrogens (tertiary/aromatic N) is 3. The van der Waals surface area contributed by atoms with Gasteiger partial charge in [0.1, 0.15) is 28.6 Å². The van der Waals surface area contributed by atoms with E-state index in [1.165, 1.54) is 23.3 Å². The van der Waals surface area contributed by atoms with Crippen LogP contribution in [0.25, 0.3) is 32.6 Å². The zero-order chi connectivity index (χ0) is 35.5. The molecule has 3 N–H and O–H groups in total. The number of ether oxygens (including phenoxy) is 2. The van der Waals surface area contributed by atoms with E-state index in [9.17, 15) is 14.0 Å². The van der Waals surface area contributed by atoms with Gasteiger partial charge < -0.3 is 25.4 Å². The van der Waals surface area contributed by atoms with Crippen molar-refractivity contribution < 1.29 is 23.5 Å². The minimum Gasteiger partial charge on any atom is -0.492 e. The lowest BCUT2D eigenvalue weighted by molar-refractivity contribution is -0.124. The zero-order valence-electron chi connectivity index (χ0n) is 29.6. The molecule has 0 spiro atoms. The van der Waals surface area contributed by atoms with Gasteiger partial charge in [0.2, 0.25) is 5.91 Å². The van der Waals surface area contributed by atoms with Crippen LogP contribution in [0.3, 0.4) is 0 Å². The number of halogens is 1. The third-order valence-corrected chi connectivity index (χ3v) is 11.0. The Morgan fingerprint density at radius 2 is 1.82 bits per heavy atom. The fraction of sp³-hybridized carbons (Fsp3) is 0.487. The van der Waals surface area contributed by atoms with Crippen LogP contribution in [0.5, 0.6) is 5.75 Å². The summed E-state index contributed by atoms with van der Waals surface area (Å²) in [5.41, 5.74) is 5.45. The molecule has 10 nitrogen and oxygen atoms in total. The summed E-state index contributed by atoms with van der Waals surface area (Å²) in [4.78, 5) is 27.0. The molecule has 7 rings (SSSR count). The average Bonchev–Trinajstić information content (AvgIpc) is 3.58. The Bertz CT molecular complexity index is 1880. The van der Waals surface area contributed by atoms with E-state index in [0.29, 0.717) is 42.6 Å². The van der Waals surface area contributed by atoms with Gasteiger partial charge in [0.15, 0.2) is 0 Å². The molecule has 3 aliphatic rings. The van der Waals surface area contributed by atoms with Crippen LogP contribution in [-0.4, -0.2) is 78.1 Å². The first-order chi connectivity index (χ1) is 24.6. The molecule has 1 aliphatic carbocycles. The molecule has 0 radical (unpaired) electrons. The third-order valence-electron chi connectivity index (χ3n) is 10.0. The Balaban J connectivity index is 0.899. The van der Waals surface area contributed by atoms with Crippen molar-refractivity contribution in [3.8, 4) is 28.3 Å². The summed E-state index contributed by atoms with van der Waals surface area (Å²) in [6.45, 7) is 10.4. The summed E-state index contributed by atoms with van der Waals surface area (Å²) < 4.78 is 27.1. The number of carbonyl (C=O) groups excluding carboxylic acids is 2. The maximum atomic E-state index is 14.5. The highest BCUT2D eigenvalue weighted by Gasteiger charge is 2.32. The molecule has 2 aromatic carbocycles. The van der Waals surface area contributed by atoms with Gasteiger partial charge >= 0.3 is 6.09 Å². The number of thiophene rings is 1. The Labute approximate surface area is 302 Å². The van der Waals surface area contributed by atoms with Crippen molar-refractivity contribution >= 4 is 33.4 Å². The van der Waals surface area contributed by atoms with Crippen LogP contribution >= 0.6 is 11.3 Å². The van der Waals surface area contributed by atoms with Crippen LogP contribution in [0.1, 0.15) is 57.6 Å². The quantitative estimate of drug-likeness (QED) is 0.175. The van der Waals surface area contributed by atoms with Crippen molar-refractivity contribution in [1.29, 1.82) is 0 Å². The monoisotopic (exact) mass is 714 g/mol. The first-order valence-electron chi connectivity index (χ1n) is 18.1. The second-order valence-electron chi connectivity index (χ2n) is 15.1. The van der Waals surface area contributed by atoms with Gasteiger partial charge in [-0.3, -0.25) is 9.69 Å². The molecule has 51 heavy (non-hydrogen) atoms. The van der Waals surface area contributed by atoms with Gasteiger partial charge in [-0.1, -0.05) is 12.1 Å². The molecule has 0 unspecified atom stereocenters. The molecular weight excluding hydrogens is 668 g/mol. The molecule has 4 heterocycles. The van der Waals surface area contributed by atoms with E-state index in [1.807, 2.05) is 26.2 Å². The fourth-order valence-corrected chi connectivity index (χ4v) is 8.16. The predicted molar refractivity (Wildman–Crippen MR) is 197 cm³/mol. The molecule has 2 fully saturated rings. The Morgan fingerprint density at radius 1 is 1.02 bits per heavy atom. The van der Waals surface area contributed by atoms with E-state index < -0.39 is 5.60 Å². The SMILES string of the molecule is CC(C)(C)OC(=O)NCC1CCN(CC(=O)NC2CC(COc3cc(F)ccc3-c3nnc(-c4ccc5c(c4)CCNC5)c4ccsc34)C2)CC1. The van der Waals surface area contributed by atoms with Crippen molar-refractivity contribution in [3.63, 3.8) is 0 Å². The lowest BCUT2D eigenvalue weighted by Gasteiger charge is -2.37. The van der Waals surface area contributed by atoms with Gasteiger partial charge in [-0.2, -0.15) is 0 Å². The molecule has 1 saturated carbocycles. The Kier molecular flexibility index (Phi) is 10.5. The number of aromatic nitrogens is 2. The summed E-state index contributed by atoms with van der Waals surface area (Å²) >= 11 is 1.60. The van der Waals surface area contributed by atoms with Crippen LogP contribution < -0.4 is 20.7 Å². The highest BCUT2D eigenvalue weighted by Crippen LogP contribution is 2.40. The number of piperidine rings is 1. The second-order valence-corrected chi connectivity index (χ2v) is 16.0. The molecule has 12 heteroatoms. The second kappa shape index (κ2) is 15.2. The van der Waals surface area contributed by atoms with Crippen molar-refractivity contribution in [2.24, 2.45) is 11.8 Å². The van der Waals surface area contributed by atoms with E-state index >= 15 is 0 Å². The predicted octanol–water partition coefficient (Wildman–Crippen LogP) is 6.32. The van der Waals surface area contributed by atoms with Gasteiger partial charge in [0, 0.05) is 41.7 Å². The number of hydrogen-bond donors (Lipinski definition) is 3. The summed E-state index contributed by atoms with van der Waals surface area (Å²) in [5, 5.41) is 21.9. The molecule has 0 bridgehead atoms. The minimum atomic E-state index is -0.513. The maximum absolute atomic E-state index is 14.5. The number of carbonyl (C=O) groups is 2. The summed E-state index contributed by atoms with van der Waals surface area (Å²) in [6, 6.07) is 13.3. The normalized spacial score (nSPS) is 19.6. The van der Waals surface area contributed by atoms with Gasteiger partial charge in [-0.05, 0) is 125 Å². The van der Waals surface area contributed by atoms with Gasteiger partial charge in [0.05, 0.1) is 17.9 Å². The molecule has 2 amide bonds. The lowest BCUT2D eigenvalue weighted by Crippen LogP contribution is -2.50. The van der Waals surface area contributed by atoms with Gasteiger partial charge in [0.25, 0.3) is 0 Å². The highest BCUT2D eigenvalue weighted by molar-refractivity contribution is 7.17. The molecule has 4 aromatic rings. The van der Waals surface area contributed by atoms with Crippen LogP contribution in [0.15, 0.2) is 47.8 Å². The smallest absolute Gasteiger partial charge is 0.407 e. The number of benzene rings is 2. The highest BCUT2D eigenvalue weighted by atomic mass is 32.1. The third kappa shape index (κ3) is 8.68. The van der Waals surface area contributed by atoms with Crippen molar-refractivity contribution in [2.45, 2.75) is 71.1 Å². The molecular formula is C39H47FN6O4S. The lowest BCUT2D eigenvalue weighted by atomic mass is 9.81. The molecule has 2 aliphatic heterocycles. The zero-order valence-corrected chi connectivity index (χ0v) is 30.4. The fourth-order valence-electron chi connectivity index (χ4n) is 7.27. The number of hydrogen-bond acceptors (Lipinski definition) is 9. The number of rotatable bonds is 10. The molecule has 270 valence electrons. The van der Waals surface area contributed by atoms with Crippen LogP contribution in [0.4, 0.5) is 9.18 Å². The van der Waals surface area contributed by atoms with Gasteiger partial charge in [-0.25, -0.2) is 9.18 Å². The topological polar surface area (TPSA) is 118 Å². The van der Waals surface area contributed by atoms with Crippen molar-refractivity contribution in [1.82, 2.24) is 31.0 Å². The van der Waals surface area contributed by atoms with Crippen molar-refractivity contribution in [2.75, 3.05) is 39.3 Å². The standard InChI is InChI=1S/C39H47FN6O4S/c1-39(2,3)50-38(48)42-20-24-9-13-46(14-10-24)22-34(47)43-30-16-25(17-30)23-49-33-19-29(40)6-7-31(33)36-37-32(11-15-51-37)35(44-45-36)27-4-5-28-21-41-12-8-26(28)18-27/h4-7,11,15,18-19,24-25,30,41H,8-10,12-14,16-17,20-23H2,1-3H3,(H,42,48)(H,43,47). The summed E-state index contributed by atoms with van der Waals surface area (Å²) in [7, 11) is 0. The van der Waals surface area contributed by atoms with E-state index in [4.69, 9.17) is 14.6 Å². The number of fused-ring (bicyclic) bond motifs is 2.